The fourth-order valence-corrected chi connectivity index (χ4v) is 2.46. The predicted molar refractivity (Wildman–Crippen MR) is 47.0 cm³/mol. The summed E-state index contributed by atoms with van der Waals surface area (Å²) in [4.78, 5) is 11.2. The summed E-state index contributed by atoms with van der Waals surface area (Å²) < 4.78 is 4.70. The Morgan fingerprint density at radius 2 is 2.00 bits per heavy atom. The molecule has 1 atom stereocenters. The predicted octanol–water partition coefficient (Wildman–Crippen LogP) is 1.10. The minimum atomic E-state index is -0.0916. The molecular weight excluding hydrogens is 168 g/mol. The van der Waals surface area contributed by atoms with Gasteiger partial charge in [0.15, 0.2) is 0 Å². The molecular formula is C10H16O3. The van der Waals surface area contributed by atoms with Crippen molar-refractivity contribution in [2.24, 2.45) is 11.3 Å². The largest absolute Gasteiger partial charge is 0.469 e. The average molecular weight is 184 g/mol. The lowest BCUT2D eigenvalue weighted by Gasteiger charge is -2.26. The average Bonchev–Trinajstić information content (AvgIpc) is 2.76. The van der Waals surface area contributed by atoms with Gasteiger partial charge >= 0.3 is 5.97 Å². The third-order valence-corrected chi connectivity index (χ3v) is 3.66. The number of esters is 1. The highest BCUT2D eigenvalue weighted by Crippen LogP contribution is 2.57. The molecule has 0 aromatic rings. The highest BCUT2D eigenvalue weighted by molar-refractivity contribution is 5.72. The number of hydrogen-bond donors (Lipinski definition) is 1. The summed E-state index contributed by atoms with van der Waals surface area (Å²) in [7, 11) is 1.44. The molecule has 0 aromatic carbocycles. The van der Waals surface area contributed by atoms with E-state index in [1.54, 1.807) is 0 Å². The topological polar surface area (TPSA) is 46.5 Å². The molecule has 0 aromatic heterocycles. The monoisotopic (exact) mass is 184 g/mol. The van der Waals surface area contributed by atoms with Gasteiger partial charge in [0.2, 0.25) is 0 Å². The summed E-state index contributed by atoms with van der Waals surface area (Å²) in [5.41, 5.74) is 0.199. The molecule has 74 valence electrons. The summed E-state index contributed by atoms with van der Waals surface area (Å²) in [6.45, 7) is 0. The molecule has 0 aliphatic heterocycles. The maximum Gasteiger partial charge on any atom is 0.308 e. The number of hydrogen-bond acceptors (Lipinski definition) is 3. The molecule has 2 fully saturated rings. The standard InChI is InChI=1S/C10H16O3/c1-13-9(12)7-2-4-10(5-3-7)6-8(10)11/h7-8,11H,2-6H2,1H3. The minimum absolute atomic E-state index is 0.0787. The summed E-state index contributed by atoms with van der Waals surface area (Å²) in [6.07, 6.45) is 4.63. The van der Waals surface area contributed by atoms with Crippen molar-refractivity contribution in [3.8, 4) is 0 Å². The van der Waals surface area contributed by atoms with Gasteiger partial charge in [-0.1, -0.05) is 0 Å². The smallest absolute Gasteiger partial charge is 0.308 e. The van der Waals surface area contributed by atoms with Gasteiger partial charge in [0, 0.05) is 0 Å². The third kappa shape index (κ3) is 1.46. The van der Waals surface area contributed by atoms with Gasteiger partial charge in [-0.25, -0.2) is 0 Å². The fraction of sp³-hybridized carbons (Fsp3) is 0.900. The van der Waals surface area contributed by atoms with Crippen LogP contribution in [0.2, 0.25) is 0 Å². The molecule has 0 bridgehead atoms. The third-order valence-electron chi connectivity index (χ3n) is 3.66. The number of rotatable bonds is 1. The van der Waals surface area contributed by atoms with Gasteiger partial charge in [-0.2, -0.15) is 0 Å². The van der Waals surface area contributed by atoms with Gasteiger partial charge in [0.25, 0.3) is 0 Å². The first-order valence-corrected chi connectivity index (χ1v) is 4.94. The summed E-state index contributed by atoms with van der Waals surface area (Å²) >= 11 is 0. The number of aliphatic hydroxyl groups is 1. The van der Waals surface area contributed by atoms with Crippen molar-refractivity contribution in [2.75, 3.05) is 7.11 Å². The van der Waals surface area contributed by atoms with Crippen molar-refractivity contribution >= 4 is 5.97 Å². The van der Waals surface area contributed by atoms with Crippen molar-refractivity contribution < 1.29 is 14.6 Å². The van der Waals surface area contributed by atoms with Crippen LogP contribution in [0.3, 0.4) is 0 Å². The summed E-state index contributed by atoms with van der Waals surface area (Å²) in [5, 5.41) is 9.41. The lowest BCUT2D eigenvalue weighted by molar-refractivity contribution is -0.147. The molecule has 2 aliphatic carbocycles. The van der Waals surface area contributed by atoms with E-state index in [1.807, 2.05) is 0 Å². The quantitative estimate of drug-likeness (QED) is 0.621. The number of aliphatic hydroxyl groups excluding tert-OH is 1. The molecule has 13 heavy (non-hydrogen) atoms. The second-order valence-electron chi connectivity index (χ2n) is 4.38. The molecule has 0 radical (unpaired) electrons. The molecule has 1 spiro atoms. The molecule has 1 N–H and O–H groups in total. The van der Waals surface area contributed by atoms with Gasteiger partial charge in [-0.3, -0.25) is 4.79 Å². The van der Waals surface area contributed by atoms with Gasteiger partial charge in [0.05, 0.1) is 19.1 Å². The molecule has 0 amide bonds. The maximum absolute atomic E-state index is 11.2. The molecule has 3 heteroatoms. The summed E-state index contributed by atoms with van der Waals surface area (Å²) in [6, 6.07) is 0. The molecule has 0 saturated heterocycles. The van der Waals surface area contributed by atoms with Crippen LogP contribution < -0.4 is 0 Å². The number of carbonyl (C=O) groups excluding carboxylic acids is 1. The number of ether oxygens (including phenoxy) is 1. The Bertz CT molecular complexity index is 216. The Morgan fingerprint density at radius 3 is 2.38 bits per heavy atom. The van der Waals surface area contributed by atoms with Crippen LogP contribution in [0, 0.1) is 11.3 Å². The van der Waals surface area contributed by atoms with Crippen molar-refractivity contribution in [3.63, 3.8) is 0 Å². The normalized spacial score (nSPS) is 43.2. The van der Waals surface area contributed by atoms with Crippen LogP contribution in [-0.4, -0.2) is 24.3 Å². The number of carbonyl (C=O) groups is 1. The Morgan fingerprint density at radius 1 is 1.46 bits per heavy atom. The van der Waals surface area contributed by atoms with E-state index >= 15 is 0 Å². The van der Waals surface area contributed by atoms with E-state index in [4.69, 9.17) is 4.74 Å². The molecule has 0 heterocycles. The lowest BCUT2D eigenvalue weighted by Crippen LogP contribution is -2.25. The highest BCUT2D eigenvalue weighted by atomic mass is 16.5. The van der Waals surface area contributed by atoms with Crippen LogP contribution >= 0.6 is 0 Å². The Balaban J connectivity index is 1.86. The van der Waals surface area contributed by atoms with Gasteiger partial charge in [0.1, 0.15) is 0 Å². The Kier molecular flexibility index (Phi) is 2.06. The first-order chi connectivity index (χ1) is 6.18. The molecule has 2 rings (SSSR count). The van der Waals surface area contributed by atoms with Crippen molar-refractivity contribution in [1.82, 2.24) is 0 Å². The van der Waals surface area contributed by atoms with Crippen molar-refractivity contribution in [2.45, 2.75) is 38.2 Å². The van der Waals surface area contributed by atoms with E-state index < -0.39 is 0 Å². The van der Waals surface area contributed by atoms with Crippen LogP contribution in [-0.2, 0) is 9.53 Å². The van der Waals surface area contributed by atoms with Crippen LogP contribution in [0.25, 0.3) is 0 Å². The molecule has 3 nitrogen and oxygen atoms in total. The maximum atomic E-state index is 11.2. The second-order valence-corrected chi connectivity index (χ2v) is 4.38. The van der Waals surface area contributed by atoms with Gasteiger partial charge in [-0.15, -0.1) is 0 Å². The zero-order valence-electron chi connectivity index (χ0n) is 7.95. The number of methoxy groups -OCH3 is 1. The SMILES string of the molecule is COC(=O)C1CCC2(CC1)CC2O. The van der Waals surface area contributed by atoms with Crippen molar-refractivity contribution in [3.05, 3.63) is 0 Å². The Hall–Kier alpha value is -0.570. The van der Waals surface area contributed by atoms with Crippen LogP contribution in [0.5, 0.6) is 0 Å². The molecule has 2 saturated carbocycles. The van der Waals surface area contributed by atoms with E-state index in [-0.39, 0.29) is 23.4 Å². The van der Waals surface area contributed by atoms with E-state index in [0.29, 0.717) is 0 Å². The first-order valence-electron chi connectivity index (χ1n) is 4.94. The van der Waals surface area contributed by atoms with E-state index in [1.165, 1.54) is 7.11 Å². The lowest BCUT2D eigenvalue weighted by atomic mass is 9.79. The summed E-state index contributed by atoms with van der Waals surface area (Å²) in [5.74, 6) is 0.00779. The molecule has 1 unspecified atom stereocenters. The van der Waals surface area contributed by atoms with Crippen LogP contribution in [0.1, 0.15) is 32.1 Å². The highest BCUT2D eigenvalue weighted by Gasteiger charge is 2.54. The molecule has 2 aliphatic rings. The van der Waals surface area contributed by atoms with Crippen LogP contribution in [0.15, 0.2) is 0 Å². The van der Waals surface area contributed by atoms with Gasteiger partial charge < -0.3 is 9.84 Å². The van der Waals surface area contributed by atoms with E-state index in [2.05, 4.69) is 0 Å². The van der Waals surface area contributed by atoms with Gasteiger partial charge in [-0.05, 0) is 37.5 Å². The zero-order valence-corrected chi connectivity index (χ0v) is 7.95. The Labute approximate surface area is 78.1 Å². The van der Waals surface area contributed by atoms with Crippen LogP contribution in [0.4, 0.5) is 0 Å². The zero-order chi connectivity index (χ0) is 9.47. The fourth-order valence-electron chi connectivity index (χ4n) is 2.46. The second kappa shape index (κ2) is 2.98. The first kappa shape index (κ1) is 9.00. The van der Waals surface area contributed by atoms with E-state index in [0.717, 1.165) is 32.1 Å². The van der Waals surface area contributed by atoms with E-state index in [9.17, 15) is 9.90 Å². The minimum Gasteiger partial charge on any atom is -0.469 e. The van der Waals surface area contributed by atoms with Crippen molar-refractivity contribution in [1.29, 1.82) is 0 Å².